The number of halogens is 1. The molecular formula is C13H14ClNO6. The fourth-order valence-corrected chi connectivity index (χ4v) is 2.06. The van der Waals surface area contributed by atoms with E-state index in [0.717, 1.165) is 0 Å². The Labute approximate surface area is 125 Å². The van der Waals surface area contributed by atoms with Crippen LogP contribution in [0.1, 0.15) is 16.8 Å². The van der Waals surface area contributed by atoms with Crippen LogP contribution in [0.5, 0.6) is 11.5 Å². The van der Waals surface area contributed by atoms with Crippen LogP contribution in [0.3, 0.4) is 0 Å². The monoisotopic (exact) mass is 315 g/mol. The molecule has 2 rings (SSSR count). The van der Waals surface area contributed by atoms with Gasteiger partial charge in [0.05, 0.1) is 5.02 Å². The number of fused-ring (bicyclic) bond motifs is 1. The van der Waals surface area contributed by atoms with Crippen molar-refractivity contribution in [2.24, 2.45) is 0 Å². The first-order valence-corrected chi connectivity index (χ1v) is 6.65. The van der Waals surface area contributed by atoms with E-state index in [0.29, 0.717) is 24.7 Å². The minimum Gasteiger partial charge on any atom is -0.486 e. The van der Waals surface area contributed by atoms with Crippen molar-refractivity contribution in [2.75, 3.05) is 19.8 Å². The predicted octanol–water partition coefficient (Wildman–Crippen LogP) is 0.677. The van der Waals surface area contributed by atoms with Crippen LogP contribution >= 0.6 is 11.6 Å². The second-order valence-electron chi connectivity index (χ2n) is 4.38. The number of ether oxygens (including phenoxy) is 2. The van der Waals surface area contributed by atoms with Gasteiger partial charge in [-0.3, -0.25) is 4.79 Å². The van der Waals surface area contributed by atoms with Crippen LogP contribution < -0.4 is 14.8 Å². The summed E-state index contributed by atoms with van der Waals surface area (Å²) in [4.78, 5) is 22.4. The molecule has 1 atom stereocenters. The van der Waals surface area contributed by atoms with E-state index >= 15 is 0 Å². The minimum atomic E-state index is -1.51. The second kappa shape index (κ2) is 6.64. The van der Waals surface area contributed by atoms with Gasteiger partial charge in [-0.2, -0.15) is 0 Å². The third kappa shape index (κ3) is 3.77. The average Bonchev–Trinajstić information content (AvgIpc) is 2.46. The van der Waals surface area contributed by atoms with Gasteiger partial charge in [0, 0.05) is 18.5 Å². The number of rotatable bonds is 5. The van der Waals surface area contributed by atoms with Crippen molar-refractivity contribution in [3.05, 3.63) is 22.7 Å². The zero-order chi connectivity index (χ0) is 15.4. The third-order valence-corrected chi connectivity index (χ3v) is 3.13. The molecule has 0 unspecified atom stereocenters. The normalized spacial score (nSPS) is 14.4. The lowest BCUT2D eigenvalue weighted by Gasteiger charge is -2.20. The van der Waals surface area contributed by atoms with E-state index in [1.807, 2.05) is 0 Å². The Morgan fingerprint density at radius 3 is 2.76 bits per heavy atom. The molecule has 1 aromatic carbocycles. The van der Waals surface area contributed by atoms with Gasteiger partial charge in [-0.25, -0.2) is 4.79 Å². The fraction of sp³-hybridized carbons (Fsp3) is 0.385. The second-order valence-corrected chi connectivity index (χ2v) is 4.79. The largest absolute Gasteiger partial charge is 0.486 e. The van der Waals surface area contributed by atoms with Crippen LogP contribution in [0.2, 0.25) is 5.02 Å². The molecule has 0 spiro atoms. The van der Waals surface area contributed by atoms with Gasteiger partial charge in [-0.1, -0.05) is 11.6 Å². The molecule has 0 radical (unpaired) electrons. The summed E-state index contributed by atoms with van der Waals surface area (Å²) in [7, 11) is 0. The number of aliphatic hydroxyl groups is 1. The van der Waals surface area contributed by atoms with Gasteiger partial charge in [-0.15, -0.1) is 0 Å². The van der Waals surface area contributed by atoms with E-state index in [2.05, 4.69) is 5.32 Å². The van der Waals surface area contributed by atoms with Crippen molar-refractivity contribution in [3.63, 3.8) is 0 Å². The number of carbonyl (C=O) groups is 2. The van der Waals surface area contributed by atoms with Gasteiger partial charge >= 0.3 is 5.97 Å². The number of carbonyl (C=O) groups excluding carboxylic acids is 1. The number of hydrogen-bond acceptors (Lipinski definition) is 5. The number of hydrogen-bond donors (Lipinski definition) is 3. The molecule has 0 saturated heterocycles. The Morgan fingerprint density at radius 2 is 2.05 bits per heavy atom. The van der Waals surface area contributed by atoms with Gasteiger partial charge < -0.3 is 25.0 Å². The maximum absolute atomic E-state index is 11.9. The Kier molecular flexibility index (Phi) is 4.87. The van der Waals surface area contributed by atoms with Crippen LogP contribution in [0.4, 0.5) is 0 Å². The van der Waals surface area contributed by atoms with Crippen LogP contribution in [0, 0.1) is 0 Å². The quantitative estimate of drug-likeness (QED) is 0.738. The first-order chi connectivity index (χ1) is 9.99. The molecular weight excluding hydrogens is 302 g/mol. The van der Waals surface area contributed by atoms with E-state index in [-0.39, 0.29) is 23.6 Å². The van der Waals surface area contributed by atoms with Gasteiger partial charge in [0.2, 0.25) is 0 Å². The Morgan fingerprint density at radius 1 is 1.33 bits per heavy atom. The minimum absolute atomic E-state index is 0.0262. The molecule has 3 N–H and O–H groups in total. The van der Waals surface area contributed by atoms with E-state index in [4.69, 9.17) is 31.3 Å². The summed E-state index contributed by atoms with van der Waals surface area (Å²) in [6.07, 6.45) is -1.59. The average molecular weight is 316 g/mol. The Hall–Kier alpha value is -1.99. The zero-order valence-corrected chi connectivity index (χ0v) is 11.7. The van der Waals surface area contributed by atoms with Gasteiger partial charge in [0.15, 0.2) is 17.6 Å². The van der Waals surface area contributed by atoms with Crippen molar-refractivity contribution in [3.8, 4) is 11.5 Å². The molecule has 1 aromatic rings. The summed E-state index contributed by atoms with van der Waals surface area (Å²) >= 11 is 6.01. The topological polar surface area (TPSA) is 105 Å². The molecule has 114 valence electrons. The zero-order valence-electron chi connectivity index (χ0n) is 11.0. The lowest BCUT2D eigenvalue weighted by molar-refractivity contribution is -0.146. The third-order valence-electron chi connectivity index (χ3n) is 2.85. The van der Waals surface area contributed by atoms with E-state index in [1.54, 1.807) is 0 Å². The van der Waals surface area contributed by atoms with Gasteiger partial charge in [-0.05, 0) is 12.1 Å². The molecule has 1 aliphatic rings. The van der Waals surface area contributed by atoms with Crippen molar-refractivity contribution >= 4 is 23.5 Å². The first kappa shape index (κ1) is 15.4. The van der Waals surface area contributed by atoms with Gasteiger partial charge in [0.1, 0.15) is 13.2 Å². The number of carboxylic acids is 1. The molecule has 8 heteroatoms. The summed E-state index contributed by atoms with van der Waals surface area (Å²) in [6.45, 7) is 0.795. The van der Waals surface area contributed by atoms with Crippen LogP contribution in [-0.4, -0.2) is 48.0 Å². The van der Waals surface area contributed by atoms with Crippen LogP contribution in [-0.2, 0) is 4.79 Å². The van der Waals surface area contributed by atoms with Crippen LogP contribution in [0.15, 0.2) is 12.1 Å². The number of benzene rings is 1. The number of amides is 1. The van der Waals surface area contributed by atoms with E-state index in [1.165, 1.54) is 12.1 Å². The van der Waals surface area contributed by atoms with Gasteiger partial charge in [0.25, 0.3) is 5.91 Å². The molecule has 0 aliphatic carbocycles. The molecule has 1 amide bonds. The standard InChI is InChI=1S/C13H14ClNO6/c14-8-5-7(6-10-11(8)21-4-3-20-10)12(17)15-2-1-9(16)13(18)19/h5-6,9,16H,1-4H2,(H,15,17)(H,18,19)/t9-/m0/s1. The molecule has 21 heavy (non-hydrogen) atoms. The number of aliphatic carboxylic acids is 1. The highest BCUT2D eigenvalue weighted by Crippen LogP contribution is 2.38. The molecule has 1 heterocycles. The maximum atomic E-state index is 11.9. The summed E-state index contributed by atoms with van der Waals surface area (Å²) in [5, 5.41) is 20.4. The highest BCUT2D eigenvalue weighted by atomic mass is 35.5. The molecule has 0 bridgehead atoms. The smallest absolute Gasteiger partial charge is 0.332 e. The number of nitrogens with one attached hydrogen (secondary N) is 1. The molecule has 0 saturated carbocycles. The maximum Gasteiger partial charge on any atom is 0.332 e. The molecule has 1 aliphatic heterocycles. The highest BCUT2D eigenvalue weighted by Gasteiger charge is 2.19. The van der Waals surface area contributed by atoms with E-state index < -0.39 is 18.0 Å². The molecule has 7 nitrogen and oxygen atoms in total. The van der Waals surface area contributed by atoms with Crippen molar-refractivity contribution < 1.29 is 29.3 Å². The van der Waals surface area contributed by atoms with Crippen molar-refractivity contribution in [2.45, 2.75) is 12.5 Å². The van der Waals surface area contributed by atoms with Crippen LogP contribution in [0.25, 0.3) is 0 Å². The number of carboxylic acid groups (broad SMARTS) is 1. The predicted molar refractivity (Wildman–Crippen MR) is 73.0 cm³/mol. The summed E-state index contributed by atoms with van der Waals surface area (Å²) < 4.78 is 10.7. The summed E-state index contributed by atoms with van der Waals surface area (Å²) in [5.41, 5.74) is 0.272. The van der Waals surface area contributed by atoms with Crippen molar-refractivity contribution in [1.82, 2.24) is 5.32 Å². The van der Waals surface area contributed by atoms with Crippen molar-refractivity contribution in [1.29, 1.82) is 0 Å². The molecule has 0 fully saturated rings. The summed E-state index contributed by atoms with van der Waals surface area (Å²) in [6, 6.07) is 2.95. The Bertz CT molecular complexity index is 562. The van der Waals surface area contributed by atoms with E-state index in [9.17, 15) is 9.59 Å². The first-order valence-electron chi connectivity index (χ1n) is 6.27. The highest BCUT2D eigenvalue weighted by molar-refractivity contribution is 6.32. The number of aliphatic hydroxyl groups excluding tert-OH is 1. The lowest BCUT2D eigenvalue weighted by Crippen LogP contribution is -2.30. The SMILES string of the molecule is O=C(NCC[C@H](O)C(=O)O)c1cc(Cl)c2c(c1)OCCO2. The molecule has 0 aromatic heterocycles. The summed E-state index contributed by atoms with van der Waals surface area (Å²) in [5.74, 6) is -0.969. The Balaban J connectivity index is 2.00. The lowest BCUT2D eigenvalue weighted by atomic mass is 10.1. The fourth-order valence-electron chi connectivity index (χ4n) is 1.79.